The number of hydrogen-bond acceptors (Lipinski definition) is 2. The minimum Gasteiger partial charge on any atom is -0.481 e. The summed E-state index contributed by atoms with van der Waals surface area (Å²) in [7, 11) is 0. The number of aryl methyl sites for hydroxylation is 2. The lowest BCUT2D eigenvalue weighted by atomic mass is 10.1. The van der Waals surface area contributed by atoms with Crippen LogP contribution in [-0.4, -0.2) is 23.7 Å². The second-order valence-corrected chi connectivity index (χ2v) is 5.80. The van der Waals surface area contributed by atoms with Crippen molar-refractivity contribution in [2.24, 2.45) is 5.92 Å². The van der Waals surface area contributed by atoms with Gasteiger partial charge in [0.15, 0.2) is 0 Å². The molecule has 0 radical (unpaired) electrons. The molecule has 0 saturated carbocycles. The molecule has 1 atom stereocenters. The van der Waals surface area contributed by atoms with Crippen molar-refractivity contribution in [2.45, 2.75) is 40.7 Å². The maximum Gasteiger partial charge on any atom is 0.308 e. The highest BCUT2D eigenvalue weighted by molar-refractivity contribution is 6.33. The van der Waals surface area contributed by atoms with Gasteiger partial charge in [-0.15, -0.1) is 0 Å². The Morgan fingerprint density at radius 3 is 2.32 bits per heavy atom. The summed E-state index contributed by atoms with van der Waals surface area (Å²) < 4.78 is 0. The molecule has 1 aromatic rings. The zero-order valence-electron chi connectivity index (χ0n) is 12.2. The van der Waals surface area contributed by atoms with E-state index in [4.69, 9.17) is 16.7 Å². The van der Waals surface area contributed by atoms with E-state index in [-0.39, 0.29) is 6.04 Å². The first-order valence-corrected chi connectivity index (χ1v) is 6.88. The molecule has 0 fully saturated rings. The average Bonchev–Trinajstić information content (AvgIpc) is 2.25. The van der Waals surface area contributed by atoms with Crippen molar-refractivity contribution in [3.63, 3.8) is 0 Å². The first-order valence-electron chi connectivity index (χ1n) is 6.50. The van der Waals surface area contributed by atoms with E-state index >= 15 is 0 Å². The molecule has 0 heterocycles. The molecule has 1 unspecified atom stereocenters. The number of benzene rings is 1. The van der Waals surface area contributed by atoms with Crippen LogP contribution in [0.2, 0.25) is 5.02 Å². The highest BCUT2D eigenvalue weighted by Gasteiger charge is 2.22. The number of aliphatic carboxylic acids is 1. The molecule has 4 heteroatoms. The molecule has 0 spiro atoms. The van der Waals surface area contributed by atoms with Gasteiger partial charge in [0, 0.05) is 12.6 Å². The smallest absolute Gasteiger partial charge is 0.308 e. The van der Waals surface area contributed by atoms with Gasteiger partial charge >= 0.3 is 5.97 Å². The molecule has 106 valence electrons. The summed E-state index contributed by atoms with van der Waals surface area (Å²) in [6, 6.07) is 4.19. The van der Waals surface area contributed by atoms with Crippen LogP contribution in [0.1, 0.15) is 31.9 Å². The topological polar surface area (TPSA) is 40.5 Å². The number of halogens is 1. The van der Waals surface area contributed by atoms with E-state index in [1.165, 1.54) is 0 Å². The molecule has 19 heavy (non-hydrogen) atoms. The summed E-state index contributed by atoms with van der Waals surface area (Å²) in [5.41, 5.74) is 3.13. The first-order chi connectivity index (χ1) is 8.73. The van der Waals surface area contributed by atoms with Crippen LogP contribution in [0.5, 0.6) is 0 Å². The van der Waals surface area contributed by atoms with Crippen LogP contribution in [0, 0.1) is 19.8 Å². The first kappa shape index (κ1) is 15.8. The predicted molar refractivity (Wildman–Crippen MR) is 80.2 cm³/mol. The standard InChI is InChI=1S/C15H22ClNO2/c1-9(2)17(8-12(5)15(18)19)14-11(4)6-10(3)7-13(14)16/h6-7,9,12H,8H2,1-5H3,(H,18,19). The Labute approximate surface area is 120 Å². The summed E-state index contributed by atoms with van der Waals surface area (Å²) in [5, 5.41) is 9.77. The van der Waals surface area contributed by atoms with E-state index in [0.29, 0.717) is 11.6 Å². The maximum absolute atomic E-state index is 11.1. The quantitative estimate of drug-likeness (QED) is 0.891. The number of anilines is 1. The molecule has 0 saturated heterocycles. The molecule has 0 amide bonds. The molecule has 1 aromatic carbocycles. The Bertz CT molecular complexity index is 448. The number of carboxylic acids is 1. The molecular formula is C15H22ClNO2. The third-order valence-electron chi connectivity index (χ3n) is 3.20. The van der Waals surface area contributed by atoms with Crippen molar-refractivity contribution in [3.8, 4) is 0 Å². The van der Waals surface area contributed by atoms with Gasteiger partial charge < -0.3 is 10.0 Å². The summed E-state index contributed by atoms with van der Waals surface area (Å²) in [6.07, 6.45) is 0. The van der Waals surface area contributed by atoms with Crippen molar-refractivity contribution in [3.05, 3.63) is 28.3 Å². The second kappa shape index (κ2) is 6.29. The largest absolute Gasteiger partial charge is 0.481 e. The van der Waals surface area contributed by atoms with Crippen molar-refractivity contribution in [1.29, 1.82) is 0 Å². The Kier molecular flexibility index (Phi) is 5.24. The Morgan fingerprint density at radius 1 is 1.32 bits per heavy atom. The van der Waals surface area contributed by atoms with Gasteiger partial charge in [0.05, 0.1) is 16.6 Å². The summed E-state index contributed by atoms with van der Waals surface area (Å²) in [6.45, 7) is 10.3. The van der Waals surface area contributed by atoms with Crippen LogP contribution < -0.4 is 4.90 Å². The SMILES string of the molecule is Cc1cc(C)c(N(CC(C)C(=O)O)C(C)C)c(Cl)c1. The number of carbonyl (C=O) groups is 1. The minimum absolute atomic E-state index is 0.195. The van der Waals surface area contributed by atoms with Gasteiger partial charge in [-0.25, -0.2) is 0 Å². The minimum atomic E-state index is -0.786. The molecule has 0 aromatic heterocycles. The summed E-state index contributed by atoms with van der Waals surface area (Å²) in [5.74, 6) is -1.22. The molecular weight excluding hydrogens is 262 g/mol. The van der Waals surface area contributed by atoms with E-state index in [2.05, 4.69) is 11.0 Å². The number of carboxylic acid groups (broad SMARTS) is 1. The van der Waals surface area contributed by atoms with Gasteiger partial charge in [-0.05, 0) is 44.9 Å². The lowest BCUT2D eigenvalue weighted by Gasteiger charge is -2.32. The summed E-state index contributed by atoms with van der Waals surface area (Å²) >= 11 is 6.35. The third kappa shape index (κ3) is 3.87. The number of nitrogens with zero attached hydrogens (tertiary/aromatic N) is 1. The monoisotopic (exact) mass is 283 g/mol. The molecule has 1 rings (SSSR count). The van der Waals surface area contributed by atoms with E-state index in [9.17, 15) is 4.79 Å². The number of hydrogen-bond donors (Lipinski definition) is 1. The fraction of sp³-hybridized carbons (Fsp3) is 0.533. The normalized spacial score (nSPS) is 12.6. The zero-order valence-corrected chi connectivity index (χ0v) is 13.0. The Morgan fingerprint density at radius 2 is 1.89 bits per heavy atom. The van der Waals surface area contributed by atoms with Crippen molar-refractivity contribution >= 4 is 23.3 Å². The maximum atomic E-state index is 11.1. The van der Waals surface area contributed by atoms with Gasteiger partial charge in [-0.2, -0.15) is 0 Å². The van der Waals surface area contributed by atoms with Gasteiger partial charge in [-0.1, -0.05) is 24.6 Å². The lowest BCUT2D eigenvalue weighted by molar-refractivity contribution is -0.140. The van der Waals surface area contributed by atoms with E-state index in [1.807, 2.05) is 33.8 Å². The van der Waals surface area contributed by atoms with Gasteiger partial charge in [0.25, 0.3) is 0 Å². The van der Waals surface area contributed by atoms with Crippen LogP contribution >= 0.6 is 11.6 Å². The Balaban J connectivity index is 3.17. The van der Waals surface area contributed by atoms with Crippen LogP contribution in [0.15, 0.2) is 12.1 Å². The van der Waals surface area contributed by atoms with Crippen molar-refractivity contribution in [1.82, 2.24) is 0 Å². The van der Waals surface area contributed by atoms with Crippen LogP contribution in [0.4, 0.5) is 5.69 Å². The van der Waals surface area contributed by atoms with Crippen molar-refractivity contribution in [2.75, 3.05) is 11.4 Å². The molecule has 3 nitrogen and oxygen atoms in total. The fourth-order valence-corrected chi connectivity index (χ4v) is 2.63. The molecule has 0 aliphatic rings. The zero-order chi connectivity index (χ0) is 14.7. The van der Waals surface area contributed by atoms with Crippen LogP contribution in [0.3, 0.4) is 0 Å². The number of rotatable bonds is 5. The fourth-order valence-electron chi connectivity index (χ4n) is 2.21. The second-order valence-electron chi connectivity index (χ2n) is 5.40. The predicted octanol–water partition coefficient (Wildman–Crippen LogP) is 3.89. The van der Waals surface area contributed by atoms with Gasteiger partial charge in [-0.3, -0.25) is 4.79 Å². The highest BCUT2D eigenvalue weighted by atomic mass is 35.5. The Hall–Kier alpha value is -1.22. The third-order valence-corrected chi connectivity index (χ3v) is 3.49. The van der Waals surface area contributed by atoms with Crippen molar-refractivity contribution < 1.29 is 9.90 Å². The molecule has 1 N–H and O–H groups in total. The lowest BCUT2D eigenvalue weighted by Crippen LogP contribution is -2.37. The van der Waals surface area contributed by atoms with Crippen LogP contribution in [0.25, 0.3) is 0 Å². The molecule has 0 aliphatic carbocycles. The molecule has 0 bridgehead atoms. The summed E-state index contributed by atoms with van der Waals surface area (Å²) in [4.78, 5) is 13.1. The highest BCUT2D eigenvalue weighted by Crippen LogP contribution is 2.32. The van der Waals surface area contributed by atoms with E-state index in [0.717, 1.165) is 16.8 Å². The van der Waals surface area contributed by atoms with Gasteiger partial charge in [0.1, 0.15) is 0 Å². The molecule has 0 aliphatic heterocycles. The average molecular weight is 284 g/mol. The van der Waals surface area contributed by atoms with E-state index < -0.39 is 11.9 Å². The van der Waals surface area contributed by atoms with Gasteiger partial charge in [0.2, 0.25) is 0 Å². The van der Waals surface area contributed by atoms with Crippen LogP contribution in [-0.2, 0) is 4.79 Å². The van der Waals surface area contributed by atoms with E-state index in [1.54, 1.807) is 6.92 Å².